The maximum atomic E-state index is 12.0. The van der Waals surface area contributed by atoms with Gasteiger partial charge in [0, 0.05) is 6.54 Å². The maximum Gasteiger partial charge on any atom is 0.240 e. The van der Waals surface area contributed by atoms with Crippen molar-refractivity contribution in [2.45, 2.75) is 58.9 Å². The Balaban J connectivity index is 2.38. The van der Waals surface area contributed by atoms with Gasteiger partial charge in [-0.2, -0.15) is 0 Å². The highest BCUT2D eigenvalue weighted by Crippen LogP contribution is 2.15. The molecule has 1 heterocycles. The smallest absolute Gasteiger partial charge is 0.240 e. The van der Waals surface area contributed by atoms with Crippen molar-refractivity contribution < 1.29 is 4.79 Å². The zero-order valence-electron chi connectivity index (χ0n) is 11.0. The lowest BCUT2D eigenvalue weighted by Crippen LogP contribution is -2.33. The third-order valence-electron chi connectivity index (χ3n) is 3.62. The van der Waals surface area contributed by atoms with Crippen molar-refractivity contribution in [3.8, 4) is 0 Å². The topological polar surface area (TPSA) is 32.3 Å². The van der Waals surface area contributed by atoms with Crippen LogP contribution in [0.5, 0.6) is 0 Å². The van der Waals surface area contributed by atoms with Crippen LogP contribution in [0.15, 0.2) is 0 Å². The summed E-state index contributed by atoms with van der Waals surface area (Å²) in [7, 11) is 0. The molecule has 94 valence electrons. The molecule has 16 heavy (non-hydrogen) atoms. The van der Waals surface area contributed by atoms with Gasteiger partial charge in [0.1, 0.15) is 0 Å². The predicted octanol–water partition coefficient (Wildman–Crippen LogP) is 2.37. The molecule has 1 saturated heterocycles. The number of hydrogen-bond acceptors (Lipinski definition) is 2. The van der Waals surface area contributed by atoms with Crippen LogP contribution in [0.4, 0.5) is 0 Å². The summed E-state index contributed by atoms with van der Waals surface area (Å²) < 4.78 is 0. The highest BCUT2D eigenvalue weighted by Gasteiger charge is 2.30. The van der Waals surface area contributed by atoms with Crippen LogP contribution in [0, 0.1) is 5.92 Å². The normalized spacial score (nSPS) is 21.1. The molecule has 1 unspecified atom stereocenters. The van der Waals surface area contributed by atoms with Crippen LogP contribution >= 0.6 is 0 Å². The van der Waals surface area contributed by atoms with Crippen LogP contribution in [0.3, 0.4) is 0 Å². The molecule has 0 aromatic rings. The summed E-state index contributed by atoms with van der Waals surface area (Å²) in [6, 6.07) is 0.0920. The van der Waals surface area contributed by atoms with E-state index >= 15 is 0 Å². The second-order valence-corrected chi connectivity index (χ2v) is 4.80. The van der Waals surface area contributed by atoms with E-state index in [1.807, 2.05) is 4.90 Å². The van der Waals surface area contributed by atoms with Gasteiger partial charge in [0.25, 0.3) is 0 Å². The number of nitrogens with one attached hydrogen (secondary N) is 1. The van der Waals surface area contributed by atoms with Crippen LogP contribution in [-0.2, 0) is 4.79 Å². The number of unbranched alkanes of at least 4 members (excludes halogenated alkanes) is 1. The lowest BCUT2D eigenvalue weighted by Gasteiger charge is -2.21. The molecule has 3 nitrogen and oxygen atoms in total. The van der Waals surface area contributed by atoms with Crippen molar-refractivity contribution in [2.75, 3.05) is 13.2 Å². The molecule has 3 heteroatoms. The summed E-state index contributed by atoms with van der Waals surface area (Å²) in [5, 5.41) is 3.32. The number of hydrogen-bond donors (Lipinski definition) is 1. The van der Waals surface area contributed by atoms with Gasteiger partial charge in [-0.05, 0) is 12.3 Å². The van der Waals surface area contributed by atoms with E-state index in [2.05, 4.69) is 26.1 Å². The van der Waals surface area contributed by atoms with Crippen molar-refractivity contribution in [1.82, 2.24) is 10.2 Å². The van der Waals surface area contributed by atoms with E-state index in [9.17, 15) is 4.79 Å². The summed E-state index contributed by atoms with van der Waals surface area (Å²) >= 11 is 0. The van der Waals surface area contributed by atoms with Crippen LogP contribution in [0.2, 0.25) is 0 Å². The molecule has 0 spiro atoms. The molecule has 0 radical (unpaired) electrons. The van der Waals surface area contributed by atoms with Gasteiger partial charge in [0.15, 0.2) is 0 Å². The first-order valence-electron chi connectivity index (χ1n) is 6.75. The van der Waals surface area contributed by atoms with E-state index in [4.69, 9.17) is 0 Å². The minimum absolute atomic E-state index is 0.0920. The first-order chi connectivity index (χ1) is 7.72. The monoisotopic (exact) mass is 226 g/mol. The molecular weight excluding hydrogens is 200 g/mol. The fourth-order valence-corrected chi connectivity index (χ4v) is 2.25. The van der Waals surface area contributed by atoms with Gasteiger partial charge in [-0.3, -0.25) is 10.1 Å². The summed E-state index contributed by atoms with van der Waals surface area (Å²) in [5.41, 5.74) is 0. The van der Waals surface area contributed by atoms with Crippen molar-refractivity contribution in [3.05, 3.63) is 0 Å². The molecule has 1 rings (SSSR count). The lowest BCUT2D eigenvalue weighted by atomic mass is 10.0. The Morgan fingerprint density at radius 3 is 2.62 bits per heavy atom. The van der Waals surface area contributed by atoms with E-state index in [1.54, 1.807) is 0 Å². The molecule has 0 aliphatic carbocycles. The highest BCUT2D eigenvalue weighted by atomic mass is 16.2. The Morgan fingerprint density at radius 1 is 1.38 bits per heavy atom. The van der Waals surface area contributed by atoms with Gasteiger partial charge in [0.2, 0.25) is 5.91 Å². The van der Waals surface area contributed by atoms with Gasteiger partial charge < -0.3 is 4.90 Å². The summed E-state index contributed by atoms with van der Waals surface area (Å²) in [6.07, 6.45) is 5.63. The SMILES string of the molecule is CCCCC1NCN(CC(CC)CC)C1=O. The average molecular weight is 226 g/mol. The summed E-state index contributed by atoms with van der Waals surface area (Å²) in [6.45, 7) is 8.26. The van der Waals surface area contributed by atoms with E-state index in [0.717, 1.165) is 32.5 Å². The Hall–Kier alpha value is -0.570. The fraction of sp³-hybridized carbons (Fsp3) is 0.923. The summed E-state index contributed by atoms with van der Waals surface area (Å²) in [5.74, 6) is 0.982. The van der Waals surface area contributed by atoms with Crippen LogP contribution in [-0.4, -0.2) is 30.1 Å². The van der Waals surface area contributed by atoms with Crippen LogP contribution < -0.4 is 5.32 Å². The molecule has 1 N–H and O–H groups in total. The van der Waals surface area contributed by atoms with Crippen LogP contribution in [0.1, 0.15) is 52.9 Å². The van der Waals surface area contributed by atoms with Gasteiger partial charge in [-0.25, -0.2) is 0 Å². The van der Waals surface area contributed by atoms with Gasteiger partial charge in [0.05, 0.1) is 12.7 Å². The average Bonchev–Trinajstić information content (AvgIpc) is 2.65. The Labute approximate surface area is 99.6 Å². The predicted molar refractivity (Wildman–Crippen MR) is 67.1 cm³/mol. The number of carbonyl (C=O) groups excluding carboxylic acids is 1. The number of nitrogens with zero attached hydrogens (tertiary/aromatic N) is 1. The third-order valence-corrected chi connectivity index (χ3v) is 3.62. The van der Waals surface area contributed by atoms with Crippen LogP contribution in [0.25, 0.3) is 0 Å². The zero-order valence-corrected chi connectivity index (χ0v) is 11.0. The fourth-order valence-electron chi connectivity index (χ4n) is 2.25. The standard InChI is InChI=1S/C13H26N2O/c1-4-7-8-12-13(16)15(10-14-12)9-11(5-2)6-3/h11-12,14H,4-10H2,1-3H3. The quantitative estimate of drug-likeness (QED) is 0.723. The van der Waals surface area contributed by atoms with Crippen molar-refractivity contribution >= 4 is 5.91 Å². The Bertz CT molecular complexity index is 214. The second kappa shape index (κ2) is 6.89. The highest BCUT2D eigenvalue weighted by molar-refractivity contribution is 5.83. The minimum Gasteiger partial charge on any atom is -0.328 e. The van der Waals surface area contributed by atoms with E-state index in [0.29, 0.717) is 11.8 Å². The molecule has 1 aliphatic rings. The van der Waals surface area contributed by atoms with E-state index in [1.165, 1.54) is 12.8 Å². The van der Waals surface area contributed by atoms with Crippen molar-refractivity contribution in [3.63, 3.8) is 0 Å². The van der Waals surface area contributed by atoms with E-state index in [-0.39, 0.29) is 6.04 Å². The molecule has 0 aromatic carbocycles. The number of rotatable bonds is 7. The minimum atomic E-state index is 0.0920. The first kappa shape index (κ1) is 13.5. The molecule has 1 fully saturated rings. The second-order valence-electron chi connectivity index (χ2n) is 4.80. The molecule has 0 saturated carbocycles. The number of amides is 1. The largest absolute Gasteiger partial charge is 0.328 e. The Kier molecular flexibility index (Phi) is 5.81. The van der Waals surface area contributed by atoms with Gasteiger partial charge in [-0.1, -0.05) is 46.5 Å². The van der Waals surface area contributed by atoms with Gasteiger partial charge in [-0.15, -0.1) is 0 Å². The zero-order chi connectivity index (χ0) is 12.0. The first-order valence-corrected chi connectivity index (χ1v) is 6.75. The molecule has 0 bridgehead atoms. The molecule has 1 aliphatic heterocycles. The molecule has 1 atom stereocenters. The summed E-state index contributed by atoms with van der Waals surface area (Å²) in [4.78, 5) is 14.0. The number of carbonyl (C=O) groups is 1. The third kappa shape index (κ3) is 3.48. The lowest BCUT2D eigenvalue weighted by molar-refractivity contribution is -0.129. The van der Waals surface area contributed by atoms with E-state index < -0.39 is 0 Å². The molecular formula is C13H26N2O. The van der Waals surface area contributed by atoms with Crippen molar-refractivity contribution in [1.29, 1.82) is 0 Å². The molecule has 0 aromatic heterocycles. The maximum absolute atomic E-state index is 12.0. The Morgan fingerprint density at radius 2 is 2.06 bits per heavy atom. The van der Waals surface area contributed by atoms with Crippen molar-refractivity contribution in [2.24, 2.45) is 5.92 Å². The van der Waals surface area contributed by atoms with Gasteiger partial charge >= 0.3 is 0 Å². The molecule has 1 amide bonds.